The number of nitrogens with zero attached hydrogens (tertiary/aromatic N) is 5. The number of anilines is 1. The third kappa shape index (κ3) is 5.89. The number of amides is 2. The summed E-state index contributed by atoms with van der Waals surface area (Å²) in [5.41, 5.74) is 2.94. The molecule has 0 atom stereocenters. The molecule has 0 radical (unpaired) electrons. The Morgan fingerprint density at radius 3 is 2.45 bits per heavy atom. The van der Waals surface area contributed by atoms with E-state index < -0.39 is 5.60 Å². The maximum atomic E-state index is 13.5. The normalized spacial score (nSPS) is 13.8. The zero-order valence-corrected chi connectivity index (χ0v) is 23.8. The van der Waals surface area contributed by atoms with Crippen LogP contribution in [0, 0.1) is 5.82 Å². The van der Waals surface area contributed by atoms with E-state index in [-0.39, 0.29) is 35.5 Å². The third-order valence-electron chi connectivity index (χ3n) is 6.44. The number of imidazole rings is 1. The molecule has 0 bridgehead atoms. The van der Waals surface area contributed by atoms with E-state index in [0.717, 1.165) is 16.8 Å². The highest BCUT2D eigenvalue weighted by Gasteiger charge is 2.34. The van der Waals surface area contributed by atoms with Crippen LogP contribution in [0.3, 0.4) is 0 Å². The molecule has 0 spiro atoms. The van der Waals surface area contributed by atoms with Gasteiger partial charge >= 0.3 is 6.09 Å². The molecule has 0 saturated carbocycles. The Balaban J connectivity index is 1.26. The number of thiazole rings is 1. The number of halogens is 1. The smallest absolute Gasteiger partial charge is 0.410 e. The molecule has 2 amide bonds. The molecular weight excluding hydrogens is 531 g/mol. The highest BCUT2D eigenvalue weighted by Crippen LogP contribution is 2.35. The average Bonchev–Trinajstić information content (AvgIpc) is 3.51. The molecular formula is C29H31FN6O3S. The van der Waals surface area contributed by atoms with Crippen LogP contribution in [0.4, 0.5) is 15.0 Å². The lowest BCUT2D eigenvalue weighted by atomic mass is 9.93. The van der Waals surface area contributed by atoms with Gasteiger partial charge in [0.1, 0.15) is 33.6 Å². The lowest BCUT2D eigenvalue weighted by molar-refractivity contribution is 0.00815. The molecule has 40 heavy (non-hydrogen) atoms. The molecule has 0 unspecified atom stereocenters. The van der Waals surface area contributed by atoms with Crippen molar-refractivity contribution in [3.05, 3.63) is 71.4 Å². The molecule has 1 fully saturated rings. The quantitative estimate of drug-likeness (QED) is 0.293. The molecule has 1 saturated heterocycles. The molecule has 4 heterocycles. The maximum absolute atomic E-state index is 13.5. The first-order valence-electron chi connectivity index (χ1n) is 13.0. The SMILES string of the molecule is CC(C)n1cnc(-c2ccc(F)cc2)c1-c1nc(C(=O)Nc2ccc(C3CN(C(=O)OC(C)(C)C)C3)cn2)cs1. The summed E-state index contributed by atoms with van der Waals surface area (Å²) in [5, 5.41) is 5.14. The Kier molecular flexibility index (Phi) is 7.41. The molecule has 1 aromatic carbocycles. The number of aromatic nitrogens is 4. The van der Waals surface area contributed by atoms with Crippen molar-refractivity contribution in [3.8, 4) is 22.0 Å². The fraction of sp³-hybridized carbons (Fsp3) is 0.345. The highest BCUT2D eigenvalue weighted by atomic mass is 32.1. The van der Waals surface area contributed by atoms with Crippen molar-refractivity contribution in [3.63, 3.8) is 0 Å². The topological polar surface area (TPSA) is 102 Å². The Hall–Kier alpha value is -4.12. The van der Waals surface area contributed by atoms with E-state index in [4.69, 9.17) is 4.74 Å². The van der Waals surface area contributed by atoms with E-state index in [1.165, 1.54) is 23.5 Å². The van der Waals surface area contributed by atoms with Gasteiger partial charge in [-0.25, -0.2) is 24.1 Å². The van der Waals surface area contributed by atoms with E-state index in [1.807, 2.05) is 45.3 Å². The zero-order chi connectivity index (χ0) is 28.6. The number of nitrogens with one attached hydrogen (secondary N) is 1. The van der Waals surface area contributed by atoms with Crippen LogP contribution in [0.25, 0.3) is 22.0 Å². The lowest BCUT2D eigenvalue weighted by Gasteiger charge is -2.39. The van der Waals surface area contributed by atoms with Gasteiger partial charge in [0, 0.05) is 42.2 Å². The highest BCUT2D eigenvalue weighted by molar-refractivity contribution is 7.13. The van der Waals surface area contributed by atoms with E-state index in [9.17, 15) is 14.0 Å². The van der Waals surface area contributed by atoms with Gasteiger partial charge in [-0.1, -0.05) is 6.07 Å². The summed E-state index contributed by atoms with van der Waals surface area (Å²) in [7, 11) is 0. The van der Waals surface area contributed by atoms with Crippen molar-refractivity contribution in [1.82, 2.24) is 24.4 Å². The van der Waals surface area contributed by atoms with Crippen LogP contribution in [-0.4, -0.2) is 55.1 Å². The Labute approximate surface area is 236 Å². The first-order chi connectivity index (χ1) is 19.0. The lowest BCUT2D eigenvalue weighted by Crippen LogP contribution is -2.50. The number of hydrogen-bond donors (Lipinski definition) is 1. The summed E-state index contributed by atoms with van der Waals surface area (Å²) < 4.78 is 20.9. The number of hydrogen-bond acceptors (Lipinski definition) is 7. The van der Waals surface area contributed by atoms with Gasteiger partial charge in [0.05, 0.1) is 12.0 Å². The van der Waals surface area contributed by atoms with Crippen molar-refractivity contribution in [1.29, 1.82) is 0 Å². The third-order valence-corrected chi connectivity index (χ3v) is 7.29. The minimum absolute atomic E-state index is 0.104. The van der Waals surface area contributed by atoms with Gasteiger partial charge in [-0.05, 0) is 70.5 Å². The van der Waals surface area contributed by atoms with E-state index in [2.05, 4.69) is 20.3 Å². The molecule has 9 nitrogen and oxygen atoms in total. The van der Waals surface area contributed by atoms with Crippen molar-refractivity contribution in [2.75, 3.05) is 18.4 Å². The number of rotatable bonds is 6. The van der Waals surface area contributed by atoms with Crippen molar-refractivity contribution >= 4 is 29.2 Å². The van der Waals surface area contributed by atoms with Gasteiger partial charge in [0.15, 0.2) is 0 Å². The van der Waals surface area contributed by atoms with Crippen molar-refractivity contribution in [2.45, 2.75) is 52.2 Å². The number of carbonyl (C=O) groups excluding carboxylic acids is 2. The predicted octanol–water partition coefficient (Wildman–Crippen LogP) is 6.38. The van der Waals surface area contributed by atoms with Crippen LogP contribution < -0.4 is 5.32 Å². The molecule has 3 aromatic heterocycles. The van der Waals surface area contributed by atoms with E-state index >= 15 is 0 Å². The largest absolute Gasteiger partial charge is 0.444 e. The Morgan fingerprint density at radius 1 is 1.10 bits per heavy atom. The van der Waals surface area contributed by atoms with Gasteiger partial charge in [0.2, 0.25) is 0 Å². The Bertz CT molecular complexity index is 1520. The van der Waals surface area contributed by atoms with E-state index in [0.29, 0.717) is 29.6 Å². The van der Waals surface area contributed by atoms with E-state index in [1.54, 1.807) is 41.0 Å². The summed E-state index contributed by atoms with van der Waals surface area (Å²) in [5.74, 6) is -0.113. The van der Waals surface area contributed by atoms with Gasteiger partial charge in [-0.3, -0.25) is 4.79 Å². The molecule has 208 valence electrons. The minimum Gasteiger partial charge on any atom is -0.444 e. The first-order valence-corrected chi connectivity index (χ1v) is 13.9. The molecule has 0 aliphatic carbocycles. The van der Waals surface area contributed by atoms with Gasteiger partial charge in [0.25, 0.3) is 5.91 Å². The maximum Gasteiger partial charge on any atom is 0.410 e. The molecule has 4 aromatic rings. The fourth-order valence-electron chi connectivity index (χ4n) is 4.34. The van der Waals surface area contributed by atoms with Crippen LogP contribution in [0.2, 0.25) is 0 Å². The number of ether oxygens (including phenoxy) is 1. The van der Waals surface area contributed by atoms with Crippen LogP contribution in [0.15, 0.2) is 54.3 Å². The van der Waals surface area contributed by atoms with Crippen molar-refractivity contribution in [2.24, 2.45) is 0 Å². The molecule has 1 aliphatic heterocycles. The standard InChI is InChI=1S/C29H31FN6O3S/c1-17(2)36-16-32-24(18-6-9-21(30)10-7-18)25(36)27-33-22(15-40-27)26(37)34-23-11-8-19(12-31-23)20-13-35(14-20)28(38)39-29(3,4)5/h6-12,15-17,20H,13-14H2,1-5H3,(H,31,34,37). The average molecular weight is 563 g/mol. The first kappa shape index (κ1) is 27.4. The molecule has 1 aliphatic rings. The summed E-state index contributed by atoms with van der Waals surface area (Å²) in [6.45, 7) is 10.7. The zero-order valence-electron chi connectivity index (χ0n) is 23.0. The van der Waals surface area contributed by atoms with Crippen LogP contribution in [0.5, 0.6) is 0 Å². The van der Waals surface area contributed by atoms with Crippen LogP contribution in [-0.2, 0) is 4.74 Å². The monoisotopic (exact) mass is 562 g/mol. The van der Waals surface area contributed by atoms with Crippen LogP contribution in [0.1, 0.15) is 62.6 Å². The predicted molar refractivity (Wildman–Crippen MR) is 152 cm³/mol. The van der Waals surface area contributed by atoms with Crippen LogP contribution >= 0.6 is 11.3 Å². The second-order valence-corrected chi connectivity index (χ2v) is 11.9. The minimum atomic E-state index is -0.526. The second-order valence-electron chi connectivity index (χ2n) is 11.0. The molecule has 11 heteroatoms. The summed E-state index contributed by atoms with van der Waals surface area (Å²) in [6, 6.07) is 9.91. The molecule has 1 N–H and O–H groups in total. The number of benzene rings is 1. The second kappa shape index (κ2) is 10.8. The number of pyridine rings is 1. The fourth-order valence-corrected chi connectivity index (χ4v) is 5.18. The summed E-state index contributed by atoms with van der Waals surface area (Å²) >= 11 is 1.34. The summed E-state index contributed by atoms with van der Waals surface area (Å²) in [6.07, 6.45) is 3.14. The Morgan fingerprint density at radius 2 is 1.82 bits per heavy atom. The van der Waals surface area contributed by atoms with Gasteiger partial charge < -0.3 is 19.5 Å². The van der Waals surface area contributed by atoms with Crippen molar-refractivity contribution < 1.29 is 18.7 Å². The number of carbonyl (C=O) groups is 2. The van der Waals surface area contributed by atoms with Gasteiger partial charge in [-0.15, -0.1) is 11.3 Å². The summed E-state index contributed by atoms with van der Waals surface area (Å²) in [4.78, 5) is 40.4. The number of likely N-dealkylation sites (tertiary alicyclic amines) is 1. The van der Waals surface area contributed by atoms with Gasteiger partial charge in [-0.2, -0.15) is 0 Å². The molecule has 5 rings (SSSR count).